The average molecular weight is 443 g/mol. The minimum Gasteiger partial charge on any atom is -0.481 e. The van der Waals surface area contributed by atoms with Gasteiger partial charge in [-0.15, -0.1) is 0 Å². The second-order valence-corrected chi connectivity index (χ2v) is 7.28. The van der Waals surface area contributed by atoms with Crippen LogP contribution in [0.4, 0.5) is 0 Å². The van der Waals surface area contributed by atoms with Crippen LogP contribution in [-0.2, 0) is 28.8 Å². The smallest absolute Gasteiger partial charge is 0.326 e. The number of primary amides is 1. The lowest BCUT2D eigenvalue weighted by atomic mass is 10.1. The van der Waals surface area contributed by atoms with Crippen molar-refractivity contribution in [3.63, 3.8) is 0 Å². The molecule has 0 saturated carbocycles. The summed E-state index contributed by atoms with van der Waals surface area (Å²) in [5, 5.41) is 28.1. The Hall–Kier alpha value is -3.22. The topological polar surface area (TPSA) is 217 Å². The summed E-state index contributed by atoms with van der Waals surface area (Å²) in [5.74, 6) is -5.42. The highest BCUT2D eigenvalue weighted by Gasteiger charge is 2.30. The fourth-order valence-electron chi connectivity index (χ4n) is 2.94. The molecule has 31 heavy (non-hydrogen) atoms. The van der Waals surface area contributed by atoms with Crippen molar-refractivity contribution >= 4 is 35.6 Å². The first-order valence-corrected chi connectivity index (χ1v) is 9.88. The zero-order chi connectivity index (χ0) is 23.6. The minimum absolute atomic E-state index is 0.267. The molecule has 0 bridgehead atoms. The second-order valence-electron chi connectivity index (χ2n) is 7.28. The molecular weight excluding hydrogens is 414 g/mol. The summed E-state index contributed by atoms with van der Waals surface area (Å²) in [6.07, 6.45) is 0.130. The molecule has 0 aliphatic carbocycles. The van der Waals surface area contributed by atoms with Gasteiger partial charge in [-0.05, 0) is 39.2 Å². The van der Waals surface area contributed by atoms with Gasteiger partial charge in [-0.25, -0.2) is 4.79 Å². The van der Waals surface area contributed by atoms with Crippen LogP contribution in [0.5, 0.6) is 0 Å². The van der Waals surface area contributed by atoms with Gasteiger partial charge in [0.05, 0.1) is 6.04 Å². The number of nitrogens with one attached hydrogen (secondary N) is 4. The lowest BCUT2D eigenvalue weighted by Gasteiger charge is -2.23. The molecule has 1 aliphatic heterocycles. The van der Waals surface area contributed by atoms with Crippen molar-refractivity contribution in [3.05, 3.63) is 0 Å². The predicted octanol–water partition coefficient (Wildman–Crippen LogP) is -2.57. The van der Waals surface area contributed by atoms with Crippen LogP contribution >= 0.6 is 0 Å². The quantitative estimate of drug-likeness (QED) is 0.159. The summed E-state index contributed by atoms with van der Waals surface area (Å²) in [7, 11) is 0. The number of amides is 4. The van der Waals surface area contributed by atoms with Crippen molar-refractivity contribution in [1.82, 2.24) is 21.3 Å². The number of hydrogen-bond donors (Lipinski definition) is 7. The fraction of sp³-hybridized carbons (Fsp3) is 0.667. The molecule has 0 spiro atoms. The third-order valence-corrected chi connectivity index (χ3v) is 4.70. The molecule has 0 aromatic heterocycles. The maximum Gasteiger partial charge on any atom is 0.326 e. The summed E-state index contributed by atoms with van der Waals surface area (Å²) in [6.45, 7) is 2.10. The van der Waals surface area contributed by atoms with E-state index in [1.54, 1.807) is 0 Å². The molecular formula is C18H29N5O8. The van der Waals surface area contributed by atoms with E-state index in [0.717, 1.165) is 6.42 Å². The van der Waals surface area contributed by atoms with Crippen molar-refractivity contribution in [1.29, 1.82) is 0 Å². The van der Waals surface area contributed by atoms with Crippen LogP contribution in [0.1, 0.15) is 45.4 Å². The molecule has 0 radical (unpaired) electrons. The Morgan fingerprint density at radius 1 is 0.968 bits per heavy atom. The minimum atomic E-state index is -1.45. The van der Waals surface area contributed by atoms with Gasteiger partial charge in [0.2, 0.25) is 23.6 Å². The predicted molar refractivity (Wildman–Crippen MR) is 105 cm³/mol. The SMILES string of the molecule is CC(NC(=O)C1CCCN1)C(=O)NC(CCC(=O)O)C(=O)NC(CCC(N)=O)C(=O)O. The van der Waals surface area contributed by atoms with Gasteiger partial charge in [0.15, 0.2) is 0 Å². The highest BCUT2D eigenvalue weighted by molar-refractivity contribution is 5.94. The van der Waals surface area contributed by atoms with E-state index in [1.165, 1.54) is 6.92 Å². The van der Waals surface area contributed by atoms with Gasteiger partial charge < -0.3 is 37.2 Å². The normalized spacial score (nSPS) is 18.3. The molecule has 8 N–H and O–H groups in total. The molecule has 4 amide bonds. The van der Waals surface area contributed by atoms with Crippen LogP contribution in [0.2, 0.25) is 0 Å². The number of carboxylic acids is 2. The fourth-order valence-corrected chi connectivity index (χ4v) is 2.94. The average Bonchev–Trinajstić information content (AvgIpc) is 3.22. The number of nitrogens with two attached hydrogens (primary N) is 1. The Morgan fingerprint density at radius 3 is 2.10 bits per heavy atom. The number of hydrogen-bond acceptors (Lipinski definition) is 7. The van der Waals surface area contributed by atoms with Crippen LogP contribution in [0.15, 0.2) is 0 Å². The molecule has 4 atom stereocenters. The van der Waals surface area contributed by atoms with E-state index in [1.807, 2.05) is 0 Å². The maximum absolute atomic E-state index is 12.5. The molecule has 13 nitrogen and oxygen atoms in total. The first-order chi connectivity index (χ1) is 14.5. The molecule has 13 heteroatoms. The molecule has 1 saturated heterocycles. The molecule has 174 valence electrons. The standard InChI is InChI=1S/C18H29N5O8/c1-9(21-16(28)10-3-2-8-20-10)15(27)22-11(5-7-14(25)26)17(29)23-12(18(30)31)4-6-13(19)24/h9-12,20H,2-8H2,1H3,(H2,19,24)(H,21,28)(H,22,27)(H,23,29)(H,25,26)(H,30,31). The molecule has 1 rings (SSSR count). The summed E-state index contributed by atoms with van der Waals surface area (Å²) < 4.78 is 0. The van der Waals surface area contributed by atoms with Crippen molar-refractivity contribution in [2.75, 3.05) is 6.54 Å². The molecule has 1 fully saturated rings. The van der Waals surface area contributed by atoms with Gasteiger partial charge in [-0.2, -0.15) is 0 Å². The number of rotatable bonds is 13. The summed E-state index contributed by atoms with van der Waals surface area (Å²) in [4.78, 5) is 70.2. The summed E-state index contributed by atoms with van der Waals surface area (Å²) >= 11 is 0. The highest BCUT2D eigenvalue weighted by atomic mass is 16.4. The van der Waals surface area contributed by atoms with E-state index in [4.69, 9.17) is 10.8 Å². The molecule has 4 unspecified atom stereocenters. The Balaban J connectivity index is 2.76. The summed E-state index contributed by atoms with van der Waals surface area (Å²) in [6, 6.07) is -4.24. The highest BCUT2D eigenvalue weighted by Crippen LogP contribution is 2.06. The van der Waals surface area contributed by atoms with Gasteiger partial charge in [-0.1, -0.05) is 0 Å². The van der Waals surface area contributed by atoms with E-state index in [0.29, 0.717) is 13.0 Å². The second kappa shape index (κ2) is 12.5. The van der Waals surface area contributed by atoms with E-state index in [9.17, 15) is 33.9 Å². The third kappa shape index (κ3) is 9.42. The van der Waals surface area contributed by atoms with Crippen molar-refractivity contribution < 1.29 is 39.0 Å². The van der Waals surface area contributed by atoms with Gasteiger partial charge in [0.1, 0.15) is 18.1 Å². The molecule has 0 aromatic carbocycles. The van der Waals surface area contributed by atoms with Crippen molar-refractivity contribution in [3.8, 4) is 0 Å². The van der Waals surface area contributed by atoms with Crippen LogP contribution < -0.4 is 27.0 Å². The van der Waals surface area contributed by atoms with Gasteiger partial charge >= 0.3 is 11.9 Å². The molecule has 1 aliphatic rings. The monoisotopic (exact) mass is 443 g/mol. The first kappa shape index (κ1) is 25.8. The Labute approximate surface area is 178 Å². The van der Waals surface area contributed by atoms with Crippen LogP contribution in [0.25, 0.3) is 0 Å². The van der Waals surface area contributed by atoms with Crippen molar-refractivity contribution in [2.24, 2.45) is 5.73 Å². The number of carbonyl (C=O) groups excluding carboxylic acids is 4. The van der Waals surface area contributed by atoms with Crippen LogP contribution in [-0.4, -0.2) is 76.5 Å². The van der Waals surface area contributed by atoms with Gasteiger partial charge in [0, 0.05) is 12.8 Å². The van der Waals surface area contributed by atoms with Gasteiger partial charge in [-0.3, -0.25) is 24.0 Å². The Bertz CT molecular complexity index is 707. The summed E-state index contributed by atoms with van der Waals surface area (Å²) in [5.41, 5.74) is 4.99. The van der Waals surface area contributed by atoms with Gasteiger partial charge in [0.25, 0.3) is 0 Å². The van der Waals surface area contributed by atoms with E-state index in [-0.39, 0.29) is 25.2 Å². The lowest BCUT2D eigenvalue weighted by molar-refractivity contribution is -0.143. The lowest BCUT2D eigenvalue weighted by Crippen LogP contribution is -2.56. The number of carbonyl (C=O) groups is 6. The van der Waals surface area contributed by atoms with E-state index in [2.05, 4.69) is 21.3 Å². The van der Waals surface area contributed by atoms with Crippen molar-refractivity contribution in [2.45, 2.75) is 69.6 Å². The Kier molecular flexibility index (Phi) is 10.4. The molecule has 0 aromatic rings. The zero-order valence-electron chi connectivity index (χ0n) is 17.2. The van der Waals surface area contributed by atoms with E-state index < -0.39 is 60.2 Å². The number of carboxylic acid groups (broad SMARTS) is 2. The third-order valence-electron chi connectivity index (χ3n) is 4.70. The van der Waals surface area contributed by atoms with E-state index >= 15 is 0 Å². The van der Waals surface area contributed by atoms with Crippen LogP contribution in [0, 0.1) is 0 Å². The van der Waals surface area contributed by atoms with Crippen LogP contribution in [0.3, 0.4) is 0 Å². The maximum atomic E-state index is 12.5. The zero-order valence-corrected chi connectivity index (χ0v) is 17.2. The number of aliphatic carboxylic acids is 2. The molecule has 1 heterocycles. The Morgan fingerprint density at radius 2 is 1.58 bits per heavy atom. The first-order valence-electron chi connectivity index (χ1n) is 9.88. The largest absolute Gasteiger partial charge is 0.481 e.